The summed E-state index contributed by atoms with van der Waals surface area (Å²) in [6.07, 6.45) is 1.45. The summed E-state index contributed by atoms with van der Waals surface area (Å²) in [4.78, 5) is 26.8. The predicted octanol–water partition coefficient (Wildman–Crippen LogP) is 2.54. The van der Waals surface area contributed by atoms with Crippen molar-refractivity contribution in [3.05, 3.63) is 53.6 Å². The molecule has 28 heavy (non-hydrogen) atoms. The number of nitrogens with zero attached hydrogens (tertiary/aromatic N) is 1. The minimum absolute atomic E-state index is 0.00184. The van der Waals surface area contributed by atoms with Gasteiger partial charge in [0.1, 0.15) is 11.3 Å². The summed E-state index contributed by atoms with van der Waals surface area (Å²) in [5.74, 6) is 0.329. The Hall–Kier alpha value is -3.39. The van der Waals surface area contributed by atoms with Gasteiger partial charge in [0.15, 0.2) is 16.6 Å². The molecule has 2 aromatic carbocycles. The van der Waals surface area contributed by atoms with E-state index in [1.807, 2.05) is 0 Å². The zero-order valence-electron chi connectivity index (χ0n) is 15.5. The zero-order valence-corrected chi connectivity index (χ0v) is 16.3. The number of carbonyl (C=O) groups excluding carboxylic acids is 2. The molecule has 3 rings (SSSR count). The Morgan fingerprint density at radius 3 is 2.43 bits per heavy atom. The monoisotopic (exact) mass is 398 g/mol. The van der Waals surface area contributed by atoms with Gasteiger partial charge in [-0.15, -0.1) is 0 Å². The third-order valence-corrected chi connectivity index (χ3v) is 4.43. The third-order valence-electron chi connectivity index (χ3n) is 4.15. The highest BCUT2D eigenvalue weighted by Crippen LogP contribution is 2.33. The quantitative estimate of drug-likeness (QED) is 0.474. The molecule has 0 spiro atoms. The highest BCUT2D eigenvalue weighted by atomic mass is 32.1. The van der Waals surface area contributed by atoms with E-state index in [0.717, 1.165) is 0 Å². The van der Waals surface area contributed by atoms with Gasteiger partial charge in [-0.2, -0.15) is 0 Å². The normalized spacial score (nSPS) is 15.5. The van der Waals surface area contributed by atoms with E-state index in [9.17, 15) is 9.59 Å². The first-order valence-corrected chi connectivity index (χ1v) is 8.67. The molecule has 0 aromatic heterocycles. The number of amides is 2. The summed E-state index contributed by atoms with van der Waals surface area (Å²) in [5.41, 5.74) is 0.930. The molecule has 2 aromatic rings. The summed E-state index contributed by atoms with van der Waals surface area (Å²) in [6, 6.07) is 12.0. The van der Waals surface area contributed by atoms with Crippen molar-refractivity contribution in [2.75, 3.05) is 26.2 Å². The van der Waals surface area contributed by atoms with Crippen LogP contribution in [-0.2, 0) is 9.59 Å². The Balaban J connectivity index is 2.07. The minimum Gasteiger partial charge on any atom is -0.497 e. The van der Waals surface area contributed by atoms with E-state index in [2.05, 4.69) is 5.32 Å². The molecule has 0 saturated carbocycles. The van der Waals surface area contributed by atoms with E-state index in [1.54, 1.807) is 42.5 Å². The lowest BCUT2D eigenvalue weighted by Crippen LogP contribution is -2.54. The zero-order chi connectivity index (χ0) is 20.3. The van der Waals surface area contributed by atoms with Crippen molar-refractivity contribution in [2.45, 2.75) is 0 Å². The number of nitrogens with one attached hydrogen (secondary N) is 1. The summed E-state index contributed by atoms with van der Waals surface area (Å²) in [6.45, 7) is 0. The van der Waals surface area contributed by atoms with E-state index in [-0.39, 0.29) is 10.7 Å². The van der Waals surface area contributed by atoms with Gasteiger partial charge < -0.3 is 14.2 Å². The summed E-state index contributed by atoms with van der Waals surface area (Å²) >= 11 is 5.21. The molecule has 0 bridgehead atoms. The number of thiocarbonyl (C=S) groups is 1. The molecular weight excluding hydrogens is 380 g/mol. The number of hydrogen-bond acceptors (Lipinski definition) is 6. The minimum atomic E-state index is -0.584. The molecule has 0 radical (unpaired) electrons. The Morgan fingerprint density at radius 1 is 1.00 bits per heavy atom. The van der Waals surface area contributed by atoms with Gasteiger partial charge in [0.25, 0.3) is 11.8 Å². The van der Waals surface area contributed by atoms with Crippen LogP contribution in [0.2, 0.25) is 0 Å². The number of benzene rings is 2. The second-order valence-corrected chi connectivity index (χ2v) is 6.13. The molecule has 1 heterocycles. The van der Waals surface area contributed by atoms with Gasteiger partial charge in [-0.3, -0.25) is 19.8 Å². The van der Waals surface area contributed by atoms with Crippen molar-refractivity contribution in [1.29, 1.82) is 0 Å². The van der Waals surface area contributed by atoms with Crippen molar-refractivity contribution >= 4 is 40.9 Å². The van der Waals surface area contributed by atoms with Crippen molar-refractivity contribution in [1.82, 2.24) is 5.32 Å². The highest BCUT2D eigenvalue weighted by Gasteiger charge is 2.35. The first-order chi connectivity index (χ1) is 13.5. The number of rotatable bonds is 5. The average molecular weight is 398 g/mol. The number of anilines is 1. The Bertz CT molecular complexity index is 986. The summed E-state index contributed by atoms with van der Waals surface area (Å²) in [7, 11) is 4.52. The van der Waals surface area contributed by atoms with E-state index < -0.39 is 11.8 Å². The molecular formula is C20H18N2O5S. The van der Waals surface area contributed by atoms with Gasteiger partial charge in [-0.1, -0.05) is 18.2 Å². The van der Waals surface area contributed by atoms with Gasteiger partial charge in [-0.25, -0.2) is 0 Å². The molecule has 1 aliphatic rings. The lowest BCUT2D eigenvalue weighted by atomic mass is 10.1. The largest absolute Gasteiger partial charge is 0.497 e. The molecule has 1 saturated heterocycles. The van der Waals surface area contributed by atoms with Crippen LogP contribution in [0.15, 0.2) is 48.0 Å². The molecule has 0 atom stereocenters. The van der Waals surface area contributed by atoms with Gasteiger partial charge in [0, 0.05) is 11.6 Å². The number of ether oxygens (including phenoxy) is 3. The molecule has 1 fully saturated rings. The van der Waals surface area contributed by atoms with E-state index in [1.165, 1.54) is 32.3 Å². The molecule has 1 N–H and O–H groups in total. The maximum Gasteiger partial charge on any atom is 0.270 e. The van der Waals surface area contributed by atoms with Crippen LogP contribution in [0.4, 0.5) is 5.69 Å². The second-order valence-electron chi connectivity index (χ2n) is 5.74. The molecule has 2 amide bonds. The second kappa shape index (κ2) is 8.10. The van der Waals surface area contributed by atoms with Crippen LogP contribution in [0, 0.1) is 0 Å². The Kier molecular flexibility index (Phi) is 5.60. The average Bonchev–Trinajstić information content (AvgIpc) is 2.70. The molecule has 0 aliphatic carbocycles. The van der Waals surface area contributed by atoms with Crippen LogP contribution in [0.3, 0.4) is 0 Å². The number of hydrogen-bond donors (Lipinski definition) is 1. The summed E-state index contributed by atoms with van der Waals surface area (Å²) in [5, 5.41) is 2.55. The predicted molar refractivity (Wildman–Crippen MR) is 109 cm³/mol. The maximum absolute atomic E-state index is 13.1. The fourth-order valence-electron chi connectivity index (χ4n) is 2.82. The molecule has 1 aliphatic heterocycles. The van der Waals surface area contributed by atoms with E-state index in [0.29, 0.717) is 28.5 Å². The molecule has 7 nitrogen and oxygen atoms in total. The fourth-order valence-corrected chi connectivity index (χ4v) is 3.10. The lowest BCUT2D eigenvalue weighted by molar-refractivity contribution is -0.122. The number of methoxy groups -OCH3 is 3. The van der Waals surface area contributed by atoms with Crippen molar-refractivity contribution in [3.63, 3.8) is 0 Å². The smallest absolute Gasteiger partial charge is 0.270 e. The molecule has 0 unspecified atom stereocenters. The highest BCUT2D eigenvalue weighted by molar-refractivity contribution is 7.80. The number of carbonyl (C=O) groups is 2. The van der Waals surface area contributed by atoms with Gasteiger partial charge in [-0.05, 0) is 36.5 Å². The SMILES string of the molecule is COc1cccc(N2C(=O)/C(=C\c3cccc(OC)c3OC)C(=O)NC2=S)c1. The van der Waals surface area contributed by atoms with E-state index in [4.69, 9.17) is 26.4 Å². The molecule has 8 heteroatoms. The third kappa shape index (κ3) is 3.54. The van der Waals surface area contributed by atoms with Crippen LogP contribution in [0.1, 0.15) is 5.56 Å². The van der Waals surface area contributed by atoms with Crippen molar-refractivity contribution in [2.24, 2.45) is 0 Å². The van der Waals surface area contributed by atoms with Gasteiger partial charge in [0.05, 0.1) is 27.0 Å². The van der Waals surface area contributed by atoms with Crippen LogP contribution in [0.25, 0.3) is 6.08 Å². The number of para-hydroxylation sites is 1. The fraction of sp³-hybridized carbons (Fsp3) is 0.150. The maximum atomic E-state index is 13.1. The van der Waals surface area contributed by atoms with Crippen LogP contribution in [-0.4, -0.2) is 38.3 Å². The Labute approximate surface area is 167 Å². The first-order valence-electron chi connectivity index (χ1n) is 8.26. The van der Waals surface area contributed by atoms with Gasteiger partial charge >= 0.3 is 0 Å². The van der Waals surface area contributed by atoms with Crippen LogP contribution in [0.5, 0.6) is 17.2 Å². The summed E-state index contributed by atoms with van der Waals surface area (Å²) < 4.78 is 15.8. The first kappa shape index (κ1) is 19.4. The van der Waals surface area contributed by atoms with Crippen LogP contribution < -0.4 is 24.4 Å². The molecule has 144 valence electrons. The van der Waals surface area contributed by atoms with Gasteiger partial charge in [0.2, 0.25) is 0 Å². The van der Waals surface area contributed by atoms with E-state index >= 15 is 0 Å². The lowest BCUT2D eigenvalue weighted by Gasteiger charge is -2.29. The van der Waals surface area contributed by atoms with Crippen molar-refractivity contribution in [3.8, 4) is 17.2 Å². The standard InChI is InChI=1S/C20H18N2O5S/c1-25-14-8-5-7-13(11-14)22-19(24)15(18(23)21-20(22)28)10-12-6-4-9-16(26-2)17(12)27-3/h4-11H,1-3H3,(H,21,23,28)/b15-10-. The van der Waals surface area contributed by atoms with Crippen LogP contribution >= 0.6 is 12.2 Å². The van der Waals surface area contributed by atoms with Crippen molar-refractivity contribution < 1.29 is 23.8 Å². The Morgan fingerprint density at radius 2 is 1.75 bits per heavy atom. The topological polar surface area (TPSA) is 77.1 Å².